The largest absolute Gasteiger partial charge is 0.319 e. The van der Waals surface area contributed by atoms with Gasteiger partial charge in [-0.15, -0.1) is 0 Å². The molecule has 1 unspecified atom stereocenters. The topological polar surface area (TPSA) is 20.3 Å². The summed E-state index contributed by atoms with van der Waals surface area (Å²) in [7, 11) is 1.79. The SMILES string of the molecule is C=C1CCC(C)(I)C(=O)N1C. The van der Waals surface area contributed by atoms with Crippen LogP contribution in [0.4, 0.5) is 0 Å². The third-order valence-corrected chi connectivity index (χ3v) is 3.11. The zero-order chi connectivity index (χ0) is 8.65. The molecular weight excluding hydrogens is 253 g/mol. The average molecular weight is 265 g/mol. The quantitative estimate of drug-likeness (QED) is 0.484. The van der Waals surface area contributed by atoms with E-state index in [1.165, 1.54) is 0 Å². The molecule has 1 amide bonds. The molecule has 1 aliphatic rings. The molecule has 0 aromatic heterocycles. The van der Waals surface area contributed by atoms with Gasteiger partial charge in [-0.1, -0.05) is 29.2 Å². The zero-order valence-electron chi connectivity index (χ0n) is 6.85. The number of likely N-dealkylation sites (tertiary alicyclic amines) is 1. The standard InChI is InChI=1S/C8H12INO/c1-6-4-5-8(2,9)7(11)10(6)3/h1,4-5H2,2-3H3. The molecule has 11 heavy (non-hydrogen) atoms. The van der Waals surface area contributed by atoms with Crippen LogP contribution in [0.1, 0.15) is 19.8 Å². The lowest BCUT2D eigenvalue weighted by molar-refractivity contribution is -0.131. The van der Waals surface area contributed by atoms with E-state index in [1.807, 2.05) is 6.92 Å². The Morgan fingerprint density at radius 1 is 1.73 bits per heavy atom. The number of hydrogen-bond donors (Lipinski definition) is 0. The Hall–Kier alpha value is -0.0600. The predicted octanol–water partition coefficient (Wildman–Crippen LogP) is 1.95. The number of nitrogens with zero attached hydrogens (tertiary/aromatic N) is 1. The number of piperidine rings is 1. The summed E-state index contributed by atoms with van der Waals surface area (Å²) in [5.74, 6) is 0.175. The highest BCUT2D eigenvalue weighted by Crippen LogP contribution is 2.33. The first-order chi connectivity index (χ1) is 4.95. The number of carbonyl (C=O) groups excluding carboxylic acids is 1. The molecule has 0 aromatic carbocycles. The van der Waals surface area contributed by atoms with E-state index in [0.717, 1.165) is 18.5 Å². The van der Waals surface area contributed by atoms with Gasteiger partial charge in [-0.05, 0) is 19.8 Å². The van der Waals surface area contributed by atoms with Crippen LogP contribution >= 0.6 is 22.6 Å². The molecule has 1 saturated heterocycles. The van der Waals surface area contributed by atoms with Gasteiger partial charge in [-0.25, -0.2) is 0 Å². The van der Waals surface area contributed by atoms with E-state index in [9.17, 15) is 4.79 Å². The minimum absolute atomic E-state index is 0.175. The fourth-order valence-electron chi connectivity index (χ4n) is 1.15. The molecule has 3 heteroatoms. The molecule has 62 valence electrons. The zero-order valence-corrected chi connectivity index (χ0v) is 9.01. The molecular formula is C8H12INO. The van der Waals surface area contributed by atoms with Gasteiger partial charge in [0.2, 0.25) is 5.91 Å². The fraction of sp³-hybridized carbons (Fsp3) is 0.625. The predicted molar refractivity (Wildman–Crippen MR) is 53.6 cm³/mol. The van der Waals surface area contributed by atoms with Gasteiger partial charge < -0.3 is 4.90 Å². The number of amides is 1. The molecule has 1 aliphatic heterocycles. The van der Waals surface area contributed by atoms with Crippen molar-refractivity contribution in [2.75, 3.05) is 7.05 Å². The van der Waals surface area contributed by atoms with E-state index in [0.29, 0.717) is 0 Å². The van der Waals surface area contributed by atoms with Crippen molar-refractivity contribution in [3.05, 3.63) is 12.3 Å². The van der Waals surface area contributed by atoms with Gasteiger partial charge in [-0.3, -0.25) is 4.79 Å². The maximum Gasteiger partial charge on any atom is 0.242 e. The second-order valence-electron chi connectivity index (χ2n) is 3.13. The Labute approximate surface area is 80.8 Å². The Kier molecular flexibility index (Phi) is 2.27. The van der Waals surface area contributed by atoms with Crippen molar-refractivity contribution in [3.8, 4) is 0 Å². The Balaban J connectivity index is 2.84. The van der Waals surface area contributed by atoms with E-state index in [2.05, 4.69) is 29.2 Å². The number of rotatable bonds is 0. The van der Waals surface area contributed by atoms with Gasteiger partial charge in [0.15, 0.2) is 0 Å². The lowest BCUT2D eigenvalue weighted by Crippen LogP contribution is -2.44. The highest BCUT2D eigenvalue weighted by atomic mass is 127. The number of alkyl halides is 1. The third kappa shape index (κ3) is 1.58. The van der Waals surface area contributed by atoms with Gasteiger partial charge in [0.1, 0.15) is 0 Å². The Bertz CT molecular complexity index is 210. The first-order valence-electron chi connectivity index (χ1n) is 3.60. The van der Waals surface area contributed by atoms with Gasteiger partial charge in [0, 0.05) is 12.7 Å². The van der Waals surface area contributed by atoms with E-state index < -0.39 is 0 Å². The molecule has 1 atom stereocenters. The fourth-order valence-corrected chi connectivity index (χ4v) is 1.78. The summed E-state index contributed by atoms with van der Waals surface area (Å²) in [6.45, 7) is 5.78. The second kappa shape index (κ2) is 2.77. The van der Waals surface area contributed by atoms with E-state index in [-0.39, 0.29) is 9.33 Å². The summed E-state index contributed by atoms with van der Waals surface area (Å²) in [6.07, 6.45) is 1.84. The molecule has 1 heterocycles. The lowest BCUT2D eigenvalue weighted by Gasteiger charge is -2.34. The van der Waals surface area contributed by atoms with Crippen molar-refractivity contribution in [1.82, 2.24) is 4.90 Å². The molecule has 1 fully saturated rings. The average Bonchev–Trinajstić information content (AvgIpc) is 1.95. The minimum atomic E-state index is -0.215. The smallest absolute Gasteiger partial charge is 0.242 e. The Morgan fingerprint density at radius 3 is 2.73 bits per heavy atom. The monoisotopic (exact) mass is 265 g/mol. The molecule has 1 rings (SSSR count). The first kappa shape index (κ1) is 9.03. The van der Waals surface area contributed by atoms with Crippen LogP contribution in [0.15, 0.2) is 12.3 Å². The first-order valence-corrected chi connectivity index (χ1v) is 4.68. The van der Waals surface area contributed by atoms with E-state index >= 15 is 0 Å². The van der Waals surface area contributed by atoms with E-state index in [4.69, 9.17) is 0 Å². The lowest BCUT2D eigenvalue weighted by atomic mass is 9.98. The maximum absolute atomic E-state index is 11.5. The molecule has 0 aromatic rings. The van der Waals surface area contributed by atoms with Crippen molar-refractivity contribution in [2.24, 2.45) is 0 Å². The molecule has 0 radical (unpaired) electrons. The molecule has 0 saturated carbocycles. The van der Waals surface area contributed by atoms with Crippen LogP contribution in [0.25, 0.3) is 0 Å². The number of allylic oxidation sites excluding steroid dienone is 1. The molecule has 2 nitrogen and oxygen atoms in total. The van der Waals surface area contributed by atoms with Crippen molar-refractivity contribution in [1.29, 1.82) is 0 Å². The van der Waals surface area contributed by atoms with Crippen LogP contribution in [-0.2, 0) is 4.79 Å². The third-order valence-electron chi connectivity index (χ3n) is 2.11. The highest BCUT2D eigenvalue weighted by Gasteiger charge is 2.37. The molecule has 0 N–H and O–H groups in total. The number of hydrogen-bond acceptors (Lipinski definition) is 1. The Morgan fingerprint density at radius 2 is 2.27 bits per heavy atom. The van der Waals surface area contributed by atoms with Gasteiger partial charge in [0.25, 0.3) is 0 Å². The van der Waals surface area contributed by atoms with Gasteiger partial charge in [-0.2, -0.15) is 0 Å². The van der Waals surface area contributed by atoms with Crippen molar-refractivity contribution in [3.63, 3.8) is 0 Å². The minimum Gasteiger partial charge on any atom is -0.319 e. The van der Waals surface area contributed by atoms with E-state index in [1.54, 1.807) is 11.9 Å². The van der Waals surface area contributed by atoms with Crippen LogP contribution in [0.2, 0.25) is 0 Å². The molecule has 0 bridgehead atoms. The number of halogens is 1. The van der Waals surface area contributed by atoms with Crippen LogP contribution in [-0.4, -0.2) is 21.3 Å². The summed E-state index contributed by atoms with van der Waals surface area (Å²) < 4.78 is -0.215. The molecule has 0 aliphatic carbocycles. The summed E-state index contributed by atoms with van der Waals surface area (Å²) in [5, 5.41) is 0. The maximum atomic E-state index is 11.5. The summed E-state index contributed by atoms with van der Waals surface area (Å²) in [5.41, 5.74) is 0.934. The normalized spacial score (nSPS) is 32.8. The van der Waals surface area contributed by atoms with Crippen LogP contribution in [0, 0.1) is 0 Å². The van der Waals surface area contributed by atoms with Crippen LogP contribution in [0.5, 0.6) is 0 Å². The van der Waals surface area contributed by atoms with Crippen molar-refractivity contribution in [2.45, 2.75) is 23.2 Å². The van der Waals surface area contributed by atoms with Crippen LogP contribution in [0.3, 0.4) is 0 Å². The molecule has 0 spiro atoms. The summed E-state index contributed by atoms with van der Waals surface area (Å²) in [6, 6.07) is 0. The summed E-state index contributed by atoms with van der Waals surface area (Å²) in [4.78, 5) is 13.2. The van der Waals surface area contributed by atoms with Crippen LogP contribution < -0.4 is 0 Å². The van der Waals surface area contributed by atoms with Crippen molar-refractivity contribution >= 4 is 28.5 Å². The van der Waals surface area contributed by atoms with Gasteiger partial charge >= 0.3 is 0 Å². The van der Waals surface area contributed by atoms with Gasteiger partial charge in [0.05, 0.1) is 3.42 Å². The summed E-state index contributed by atoms with van der Waals surface area (Å²) >= 11 is 2.21. The highest BCUT2D eigenvalue weighted by molar-refractivity contribution is 14.1. The number of carbonyl (C=O) groups is 1. The van der Waals surface area contributed by atoms with Crippen molar-refractivity contribution < 1.29 is 4.79 Å². The second-order valence-corrected chi connectivity index (χ2v) is 5.51.